The Morgan fingerprint density at radius 2 is 1.21 bits per heavy atom. The van der Waals surface area contributed by atoms with Gasteiger partial charge in [0.15, 0.2) is 23.0 Å². The fraction of sp³-hybridized carbons (Fsp3) is 0.111. The standard InChI is InChI=1S/C18H18N4O6/c1-27-13-7-3-5-11(15(13)23)9-19-21-17(25)18(26)22-20-10-12-6-4-8-14(28-2)16(12)24/h3-10,23-24H,1-2H3,(H,21,25)(H,22,26)/b19-9-,20-10-. The van der Waals surface area contributed by atoms with Gasteiger partial charge in [-0.3, -0.25) is 9.59 Å². The fourth-order valence-electron chi connectivity index (χ4n) is 2.04. The molecule has 2 rings (SSSR count). The number of para-hydroxylation sites is 2. The summed E-state index contributed by atoms with van der Waals surface area (Å²) >= 11 is 0. The van der Waals surface area contributed by atoms with Crippen LogP contribution in [0.3, 0.4) is 0 Å². The molecule has 0 fully saturated rings. The number of hydrogen-bond acceptors (Lipinski definition) is 8. The van der Waals surface area contributed by atoms with Crippen LogP contribution < -0.4 is 20.3 Å². The molecule has 0 saturated heterocycles. The van der Waals surface area contributed by atoms with Crippen LogP contribution >= 0.6 is 0 Å². The second-order valence-electron chi connectivity index (χ2n) is 5.19. The number of phenols is 2. The molecule has 146 valence electrons. The molecular formula is C18H18N4O6. The zero-order chi connectivity index (χ0) is 20.5. The highest BCUT2D eigenvalue weighted by Gasteiger charge is 2.12. The van der Waals surface area contributed by atoms with Gasteiger partial charge in [-0.2, -0.15) is 10.2 Å². The molecule has 0 unspecified atom stereocenters. The first-order valence-electron chi connectivity index (χ1n) is 7.86. The first-order chi connectivity index (χ1) is 13.5. The molecule has 0 atom stereocenters. The summed E-state index contributed by atoms with van der Waals surface area (Å²) in [5.41, 5.74) is 4.56. The van der Waals surface area contributed by atoms with Crippen LogP contribution in [0.5, 0.6) is 23.0 Å². The Kier molecular flexibility index (Phi) is 6.92. The number of nitrogens with zero attached hydrogens (tertiary/aromatic N) is 2. The Bertz CT molecular complexity index is 851. The van der Waals surface area contributed by atoms with Crippen LogP contribution in [0.25, 0.3) is 0 Å². The lowest BCUT2D eigenvalue weighted by Crippen LogP contribution is -2.35. The molecule has 0 saturated carbocycles. The van der Waals surface area contributed by atoms with Crippen molar-refractivity contribution in [3.8, 4) is 23.0 Å². The highest BCUT2D eigenvalue weighted by Crippen LogP contribution is 2.28. The number of hydrazone groups is 2. The van der Waals surface area contributed by atoms with Crippen LogP contribution in [0, 0.1) is 0 Å². The van der Waals surface area contributed by atoms with Crippen LogP contribution in [0.4, 0.5) is 0 Å². The molecule has 0 spiro atoms. The van der Waals surface area contributed by atoms with Crippen LogP contribution in [-0.2, 0) is 9.59 Å². The predicted octanol–water partition coefficient (Wildman–Crippen LogP) is 0.715. The zero-order valence-electron chi connectivity index (χ0n) is 15.0. The Morgan fingerprint density at radius 1 is 0.821 bits per heavy atom. The second kappa shape index (κ2) is 9.57. The van der Waals surface area contributed by atoms with Crippen molar-refractivity contribution in [2.24, 2.45) is 10.2 Å². The van der Waals surface area contributed by atoms with Crippen molar-refractivity contribution in [2.45, 2.75) is 0 Å². The van der Waals surface area contributed by atoms with Crippen molar-refractivity contribution in [3.63, 3.8) is 0 Å². The average Bonchev–Trinajstić information content (AvgIpc) is 2.70. The van der Waals surface area contributed by atoms with E-state index in [0.717, 1.165) is 12.4 Å². The molecule has 0 heterocycles. The van der Waals surface area contributed by atoms with E-state index >= 15 is 0 Å². The summed E-state index contributed by atoms with van der Waals surface area (Å²) in [7, 11) is 2.79. The molecule has 28 heavy (non-hydrogen) atoms. The van der Waals surface area contributed by atoms with Crippen LogP contribution in [0.2, 0.25) is 0 Å². The summed E-state index contributed by atoms with van der Waals surface area (Å²) in [5.74, 6) is -1.99. The number of amides is 2. The van der Waals surface area contributed by atoms with Gasteiger partial charge in [0, 0.05) is 11.1 Å². The van der Waals surface area contributed by atoms with Gasteiger partial charge in [0.1, 0.15) is 0 Å². The lowest BCUT2D eigenvalue weighted by molar-refractivity contribution is -0.139. The van der Waals surface area contributed by atoms with Gasteiger partial charge in [0.2, 0.25) is 0 Å². The van der Waals surface area contributed by atoms with Gasteiger partial charge in [0.25, 0.3) is 0 Å². The van der Waals surface area contributed by atoms with E-state index in [1.807, 2.05) is 10.9 Å². The quantitative estimate of drug-likeness (QED) is 0.327. The van der Waals surface area contributed by atoms with Gasteiger partial charge in [0.05, 0.1) is 26.6 Å². The molecule has 2 aromatic rings. The highest BCUT2D eigenvalue weighted by molar-refractivity contribution is 6.35. The van der Waals surface area contributed by atoms with E-state index in [1.165, 1.54) is 14.2 Å². The summed E-state index contributed by atoms with van der Waals surface area (Å²) < 4.78 is 9.90. The van der Waals surface area contributed by atoms with E-state index in [1.54, 1.807) is 36.4 Å². The maximum atomic E-state index is 11.7. The molecule has 4 N–H and O–H groups in total. The normalized spacial score (nSPS) is 10.8. The molecule has 2 amide bonds. The number of hydrogen-bond donors (Lipinski definition) is 4. The number of methoxy groups -OCH3 is 2. The van der Waals surface area contributed by atoms with Gasteiger partial charge in [-0.05, 0) is 24.3 Å². The SMILES string of the molecule is COc1cccc(/C=N\NC(=O)C(=O)N/N=C\c2cccc(OC)c2O)c1O. The summed E-state index contributed by atoms with van der Waals surface area (Å²) in [4.78, 5) is 23.4. The third-order valence-electron chi connectivity index (χ3n) is 3.45. The second-order valence-corrected chi connectivity index (χ2v) is 5.19. The number of phenolic OH excluding ortho intramolecular Hbond substituents is 2. The molecule has 2 aromatic carbocycles. The summed E-state index contributed by atoms with van der Waals surface area (Å²) in [6.07, 6.45) is 2.31. The molecule has 0 aromatic heterocycles. The van der Waals surface area contributed by atoms with Crippen molar-refractivity contribution in [1.29, 1.82) is 0 Å². The highest BCUT2D eigenvalue weighted by atomic mass is 16.5. The first kappa shape index (κ1) is 20.2. The molecule has 0 aliphatic rings. The van der Waals surface area contributed by atoms with Gasteiger partial charge >= 0.3 is 11.8 Å². The average molecular weight is 386 g/mol. The minimum atomic E-state index is -1.08. The van der Waals surface area contributed by atoms with Crippen molar-refractivity contribution in [3.05, 3.63) is 47.5 Å². The van der Waals surface area contributed by atoms with Crippen molar-refractivity contribution in [1.82, 2.24) is 10.9 Å². The number of carbonyl (C=O) groups excluding carboxylic acids is 2. The molecule has 0 radical (unpaired) electrons. The molecular weight excluding hydrogens is 368 g/mol. The third-order valence-corrected chi connectivity index (χ3v) is 3.45. The fourth-order valence-corrected chi connectivity index (χ4v) is 2.04. The van der Waals surface area contributed by atoms with E-state index in [9.17, 15) is 19.8 Å². The minimum Gasteiger partial charge on any atom is -0.504 e. The lowest BCUT2D eigenvalue weighted by atomic mass is 10.2. The van der Waals surface area contributed by atoms with E-state index in [0.29, 0.717) is 0 Å². The molecule has 10 nitrogen and oxygen atoms in total. The number of nitrogens with one attached hydrogen (secondary N) is 2. The smallest absolute Gasteiger partial charge is 0.331 e. The first-order valence-corrected chi connectivity index (χ1v) is 7.86. The van der Waals surface area contributed by atoms with Crippen LogP contribution in [-0.4, -0.2) is 48.7 Å². The van der Waals surface area contributed by atoms with Crippen LogP contribution in [0.15, 0.2) is 46.6 Å². The number of carbonyl (C=O) groups is 2. The zero-order valence-corrected chi connectivity index (χ0v) is 15.0. The molecule has 0 aliphatic carbocycles. The molecule has 0 bridgehead atoms. The Morgan fingerprint density at radius 3 is 1.57 bits per heavy atom. The predicted molar refractivity (Wildman–Crippen MR) is 101 cm³/mol. The summed E-state index contributed by atoms with van der Waals surface area (Å²) in [6.45, 7) is 0. The van der Waals surface area contributed by atoms with E-state index < -0.39 is 11.8 Å². The van der Waals surface area contributed by atoms with Crippen LogP contribution in [0.1, 0.15) is 11.1 Å². The monoisotopic (exact) mass is 386 g/mol. The minimum absolute atomic E-state index is 0.157. The molecule has 10 heteroatoms. The van der Waals surface area contributed by atoms with Gasteiger partial charge in [-0.1, -0.05) is 12.1 Å². The topological polar surface area (TPSA) is 142 Å². The maximum absolute atomic E-state index is 11.7. The largest absolute Gasteiger partial charge is 0.504 e. The number of benzene rings is 2. The van der Waals surface area contributed by atoms with Gasteiger partial charge < -0.3 is 19.7 Å². The van der Waals surface area contributed by atoms with Crippen molar-refractivity contribution < 1.29 is 29.3 Å². The van der Waals surface area contributed by atoms with Crippen molar-refractivity contribution in [2.75, 3.05) is 14.2 Å². The Labute approximate surface area is 160 Å². The van der Waals surface area contributed by atoms with E-state index in [2.05, 4.69) is 10.2 Å². The van der Waals surface area contributed by atoms with Gasteiger partial charge in [-0.25, -0.2) is 10.9 Å². The van der Waals surface area contributed by atoms with E-state index in [4.69, 9.17) is 9.47 Å². The van der Waals surface area contributed by atoms with Crippen molar-refractivity contribution >= 4 is 24.2 Å². The van der Waals surface area contributed by atoms with E-state index in [-0.39, 0.29) is 34.1 Å². The number of ether oxygens (including phenoxy) is 2. The summed E-state index contributed by atoms with van der Waals surface area (Å²) in [6, 6.07) is 9.43. The number of aromatic hydroxyl groups is 2. The summed E-state index contributed by atoms with van der Waals surface area (Å²) in [5, 5.41) is 27.0. The van der Waals surface area contributed by atoms with Gasteiger partial charge in [-0.15, -0.1) is 0 Å². The molecule has 0 aliphatic heterocycles. The Hall–Kier alpha value is -4.08. The lowest BCUT2D eigenvalue weighted by Gasteiger charge is -2.05. The maximum Gasteiger partial charge on any atom is 0.331 e. The Balaban J connectivity index is 1.92. The third kappa shape index (κ3) is 4.97. The number of rotatable bonds is 6.